The van der Waals surface area contributed by atoms with Gasteiger partial charge < -0.3 is 9.53 Å². The minimum atomic E-state index is -4.33. The molecule has 1 atom stereocenters. The van der Waals surface area contributed by atoms with Gasteiger partial charge in [-0.05, 0) is 58.6 Å². The lowest BCUT2D eigenvalue weighted by Gasteiger charge is -2.15. The molecular weight excluding hydrogens is 958 g/mol. The summed E-state index contributed by atoms with van der Waals surface area (Å²) in [6.07, 6.45) is 5.79. The molecule has 0 aromatic heterocycles. The summed E-state index contributed by atoms with van der Waals surface area (Å²) in [7, 11) is -2.54. The van der Waals surface area contributed by atoms with Crippen molar-refractivity contribution in [1.82, 2.24) is 0 Å². The van der Waals surface area contributed by atoms with Crippen LogP contribution in [-0.2, 0) is 63.7 Å². The molecular formula is C51H95F3O12S3. The van der Waals surface area contributed by atoms with Gasteiger partial charge >= 0.3 is 6.18 Å². The zero-order chi connectivity index (χ0) is 56.8. The summed E-state index contributed by atoms with van der Waals surface area (Å²) < 4.78 is 70.0. The Balaban J connectivity index is -0.000000166. The van der Waals surface area contributed by atoms with Crippen molar-refractivity contribution in [3.05, 3.63) is 0 Å². The number of methoxy groups -OCH3 is 1. The fourth-order valence-corrected chi connectivity index (χ4v) is 5.84. The Labute approximate surface area is 423 Å². The maximum Gasteiger partial charge on any atom is 0.395 e. The van der Waals surface area contributed by atoms with Crippen molar-refractivity contribution in [2.45, 2.75) is 189 Å². The van der Waals surface area contributed by atoms with Gasteiger partial charge in [-0.15, -0.1) is 0 Å². The number of alkyl halides is 3. The Morgan fingerprint density at radius 2 is 0.986 bits per heavy atom. The van der Waals surface area contributed by atoms with Gasteiger partial charge in [-0.1, -0.05) is 111 Å². The molecule has 0 N–H and O–H groups in total. The van der Waals surface area contributed by atoms with E-state index in [-0.39, 0.29) is 56.3 Å². The van der Waals surface area contributed by atoms with E-state index in [0.29, 0.717) is 48.5 Å². The number of carbonyl (C=O) groups excluding carboxylic acids is 8. The number of ether oxygens (including phenoxy) is 1. The molecule has 0 radical (unpaired) electrons. The topological polar surface area (TPSA) is 197 Å². The zero-order valence-electron chi connectivity index (χ0n) is 46.9. The van der Waals surface area contributed by atoms with Gasteiger partial charge in [-0.3, -0.25) is 37.8 Å². The predicted molar refractivity (Wildman–Crippen MR) is 279 cm³/mol. The lowest BCUT2D eigenvalue weighted by atomic mass is 9.88. The number of hydrogen-bond acceptors (Lipinski definition) is 13. The van der Waals surface area contributed by atoms with Gasteiger partial charge in [0.05, 0.1) is 18.1 Å². The molecule has 2 rings (SSSR count). The lowest BCUT2D eigenvalue weighted by Crippen LogP contribution is -2.27. The highest BCUT2D eigenvalue weighted by Gasteiger charge is 2.31. The molecule has 2 saturated carbocycles. The Morgan fingerprint density at radius 1 is 0.623 bits per heavy atom. The number of carbonyl (C=O) groups is 8. The molecule has 0 heterocycles. The Bertz CT molecular complexity index is 1690. The van der Waals surface area contributed by atoms with E-state index in [4.69, 9.17) is 4.74 Å². The van der Waals surface area contributed by atoms with Gasteiger partial charge in [0, 0.05) is 82.7 Å². The monoisotopic (exact) mass is 1050 g/mol. The Hall–Kier alpha value is -2.44. The van der Waals surface area contributed by atoms with Crippen LogP contribution in [0.15, 0.2) is 0 Å². The van der Waals surface area contributed by atoms with Crippen LogP contribution in [-0.4, -0.2) is 115 Å². The number of ketones is 8. The van der Waals surface area contributed by atoms with E-state index >= 15 is 0 Å². The summed E-state index contributed by atoms with van der Waals surface area (Å²) in [5.74, 6) is 2.30. The summed E-state index contributed by atoms with van der Waals surface area (Å²) in [6, 6.07) is 0. The average Bonchev–Trinajstić information content (AvgIpc) is 4.04. The third-order valence-corrected chi connectivity index (χ3v) is 11.0. The number of halogens is 3. The summed E-state index contributed by atoms with van der Waals surface area (Å²) in [4.78, 5) is 85.4. The van der Waals surface area contributed by atoms with E-state index in [1.165, 1.54) is 12.8 Å². The van der Waals surface area contributed by atoms with Crippen molar-refractivity contribution in [1.29, 1.82) is 0 Å². The van der Waals surface area contributed by atoms with Crippen molar-refractivity contribution in [2.24, 2.45) is 38.9 Å². The third kappa shape index (κ3) is 63.5. The fraction of sp³-hybridized carbons (Fsp3) is 0.843. The Kier molecular flexibility index (Phi) is 41.2. The van der Waals surface area contributed by atoms with Crippen LogP contribution in [0.2, 0.25) is 0 Å². The molecule has 0 aromatic rings. The number of sulfone groups is 1. The minimum Gasteiger partial charge on any atom is -0.384 e. The van der Waals surface area contributed by atoms with Crippen LogP contribution in [0.3, 0.4) is 0 Å². The molecule has 18 heteroatoms. The van der Waals surface area contributed by atoms with Gasteiger partial charge in [0.15, 0.2) is 21.4 Å². The van der Waals surface area contributed by atoms with E-state index in [9.17, 15) is 64.2 Å². The summed E-state index contributed by atoms with van der Waals surface area (Å²) in [5.41, 5.74) is -1.36. The second-order valence-electron chi connectivity index (χ2n) is 22.4. The molecule has 0 aromatic carbocycles. The number of thioether (sulfide) groups is 1. The SMILES string of the molecule is CC(=O)C1CC1.CC(=O)CC(F)(F)F.CC(C)(C)C(=O)CC1CC1.CC(C)(C)C(=O)CS(C)(=O)=O.CCC(C)=O.COCCC(=O)C(C)(C)C.CS(=O)CC(=O)C(C)(C)C.CSCC(=O)C(C)(C)C. The maximum absolute atomic E-state index is 11.3. The average molecular weight is 1050 g/mol. The van der Waals surface area contributed by atoms with Crippen LogP contribution < -0.4 is 0 Å². The third-order valence-electron chi connectivity index (χ3n) is 8.99. The van der Waals surface area contributed by atoms with Crippen LogP contribution in [0.25, 0.3) is 0 Å². The number of Topliss-reactive ketones (excluding diaryl/α,β-unsaturated/α-hetero) is 8. The Morgan fingerprint density at radius 3 is 1.12 bits per heavy atom. The van der Waals surface area contributed by atoms with E-state index in [1.807, 2.05) is 96.3 Å². The second kappa shape index (κ2) is 36.5. The van der Waals surface area contributed by atoms with Gasteiger partial charge in [0.2, 0.25) is 0 Å². The van der Waals surface area contributed by atoms with Gasteiger partial charge in [0.25, 0.3) is 0 Å². The summed E-state index contributed by atoms with van der Waals surface area (Å²) in [5, 5.41) is 0. The van der Waals surface area contributed by atoms with Gasteiger partial charge in [-0.25, -0.2) is 8.42 Å². The van der Waals surface area contributed by atoms with E-state index < -0.39 is 44.4 Å². The summed E-state index contributed by atoms with van der Waals surface area (Å²) in [6.45, 7) is 34.8. The van der Waals surface area contributed by atoms with Crippen molar-refractivity contribution in [3.63, 3.8) is 0 Å². The van der Waals surface area contributed by atoms with Crippen LogP contribution in [0.4, 0.5) is 13.2 Å². The molecule has 2 aliphatic carbocycles. The van der Waals surface area contributed by atoms with E-state index in [2.05, 4.69) is 0 Å². The lowest BCUT2D eigenvalue weighted by molar-refractivity contribution is -0.151. The number of rotatable bonds is 14. The minimum absolute atomic E-state index is 0.0633. The molecule has 0 amide bonds. The molecule has 12 nitrogen and oxygen atoms in total. The van der Waals surface area contributed by atoms with Crippen molar-refractivity contribution >= 4 is 78.7 Å². The van der Waals surface area contributed by atoms with Crippen molar-refractivity contribution in [3.8, 4) is 0 Å². The standard InChI is InChI=1S/C9H16O.C8H16O2.C7H14O3S.C7H14O2S.C7H14OS.C5H8O.C4H5F3O.C4H8O/c1-9(2,3)8(10)6-7-4-5-7;1-8(2,3)7(9)5-6-10-4;1-7(2,3)6(8)5-11(4,9)10;1-7(2,3)6(8)5-10(4)9;1-7(2,3)6(8)5-9-4;1-4(6)5-2-3-5;1-3(8)2-4(5,6)7;1-3-4(2)5/h7H,4-6H2,1-3H3;5-6H2,1-4H3;5H2,1-4H3;5H2,1-4H3;5H2,1-4H3;5H,2-3H2,1H3;2H2,1H3;3H2,1-2H3. The first-order valence-corrected chi connectivity index (χ1v) is 28.3. The first-order chi connectivity index (χ1) is 30.4. The number of hydrogen-bond donors (Lipinski definition) is 0. The molecule has 69 heavy (non-hydrogen) atoms. The van der Waals surface area contributed by atoms with Gasteiger partial charge in [-0.2, -0.15) is 24.9 Å². The molecule has 1 unspecified atom stereocenters. The van der Waals surface area contributed by atoms with E-state index in [1.54, 1.807) is 59.7 Å². The molecule has 0 saturated heterocycles. The molecule has 2 fully saturated rings. The molecule has 2 aliphatic rings. The van der Waals surface area contributed by atoms with Crippen LogP contribution in [0.1, 0.15) is 183 Å². The second-order valence-corrected chi connectivity index (χ2v) is 26.9. The highest BCUT2D eigenvalue weighted by atomic mass is 32.2. The van der Waals surface area contributed by atoms with Crippen LogP contribution in [0.5, 0.6) is 0 Å². The van der Waals surface area contributed by atoms with Crippen molar-refractivity contribution in [2.75, 3.05) is 49.7 Å². The molecule has 0 aliphatic heterocycles. The van der Waals surface area contributed by atoms with Gasteiger partial charge in [0.1, 0.15) is 46.9 Å². The first-order valence-electron chi connectivity index (χ1n) is 23.1. The molecule has 0 spiro atoms. The highest BCUT2D eigenvalue weighted by Crippen LogP contribution is 2.35. The predicted octanol–water partition coefficient (Wildman–Crippen LogP) is 11.1. The highest BCUT2D eigenvalue weighted by molar-refractivity contribution is 7.99. The quantitative estimate of drug-likeness (QED) is 0.159. The van der Waals surface area contributed by atoms with Crippen molar-refractivity contribution < 1.29 is 68.9 Å². The maximum atomic E-state index is 11.3. The van der Waals surface area contributed by atoms with E-state index in [0.717, 1.165) is 38.4 Å². The molecule has 0 bridgehead atoms. The largest absolute Gasteiger partial charge is 0.395 e. The van der Waals surface area contributed by atoms with Crippen LogP contribution in [0, 0.1) is 38.9 Å². The smallest absolute Gasteiger partial charge is 0.384 e. The molecule has 410 valence electrons. The first kappa shape index (κ1) is 78.0. The fourth-order valence-electron chi connectivity index (χ4n) is 3.44. The summed E-state index contributed by atoms with van der Waals surface area (Å²) >= 11 is 1.59. The zero-order valence-corrected chi connectivity index (χ0v) is 49.3. The van der Waals surface area contributed by atoms with Crippen LogP contribution >= 0.6 is 11.8 Å². The normalized spacial score (nSPS) is 13.9.